The minimum Gasteiger partial charge on any atom is -0.457 e. The molecule has 0 bridgehead atoms. The van der Waals surface area contributed by atoms with E-state index in [4.69, 9.17) is 4.42 Å². The predicted octanol–water partition coefficient (Wildman–Crippen LogP) is 5.39. The lowest BCUT2D eigenvalue weighted by Crippen LogP contribution is -2.54. The molecule has 0 aliphatic carbocycles. The van der Waals surface area contributed by atoms with Gasteiger partial charge in [0.2, 0.25) is 0 Å². The highest BCUT2D eigenvalue weighted by Crippen LogP contribution is 2.33. The molecule has 0 saturated carbocycles. The topological polar surface area (TPSA) is 79.6 Å². The Morgan fingerprint density at radius 2 is 1.69 bits per heavy atom. The van der Waals surface area contributed by atoms with Crippen molar-refractivity contribution < 1.29 is 32.0 Å². The van der Waals surface area contributed by atoms with Gasteiger partial charge in [0, 0.05) is 10.0 Å². The molecule has 4 rings (SSSR count). The number of barbiturate groups is 1. The summed E-state index contributed by atoms with van der Waals surface area (Å²) in [6.45, 7) is 0. The first kappa shape index (κ1) is 21.6. The van der Waals surface area contributed by atoms with E-state index < -0.39 is 29.6 Å². The van der Waals surface area contributed by atoms with E-state index in [0.717, 1.165) is 27.6 Å². The molecule has 1 saturated heterocycles. The molecule has 1 fully saturated rings. The summed E-state index contributed by atoms with van der Waals surface area (Å²) in [5, 5.41) is 2.09. The van der Waals surface area contributed by atoms with Crippen LogP contribution in [-0.4, -0.2) is 17.8 Å². The SMILES string of the molecule is O=C1NC(=O)N(c2ccc(Br)cc2)C(=O)C1=Cc1ccc(-c2cccc(C(F)(F)F)c2)o1. The highest BCUT2D eigenvalue weighted by atomic mass is 79.9. The molecular weight excluding hydrogens is 493 g/mol. The molecule has 1 aliphatic heterocycles. The second-order valence-electron chi connectivity index (χ2n) is 6.71. The predicted molar refractivity (Wildman–Crippen MR) is 112 cm³/mol. The number of urea groups is 1. The van der Waals surface area contributed by atoms with Gasteiger partial charge in [0.1, 0.15) is 17.1 Å². The Balaban J connectivity index is 1.66. The summed E-state index contributed by atoms with van der Waals surface area (Å²) in [4.78, 5) is 38.1. The number of amides is 4. The van der Waals surface area contributed by atoms with Crippen molar-refractivity contribution in [2.24, 2.45) is 0 Å². The largest absolute Gasteiger partial charge is 0.457 e. The summed E-state index contributed by atoms with van der Waals surface area (Å²) in [5.74, 6) is -1.60. The van der Waals surface area contributed by atoms with Crippen LogP contribution in [0.15, 0.2) is 75.1 Å². The zero-order valence-electron chi connectivity index (χ0n) is 15.9. The molecule has 2 aromatic carbocycles. The maximum Gasteiger partial charge on any atom is 0.416 e. The number of carbonyl (C=O) groups is 3. The average Bonchev–Trinajstić information content (AvgIpc) is 3.21. The van der Waals surface area contributed by atoms with E-state index in [0.29, 0.717) is 0 Å². The maximum absolute atomic E-state index is 13.0. The van der Waals surface area contributed by atoms with Crippen LogP contribution in [0.4, 0.5) is 23.7 Å². The van der Waals surface area contributed by atoms with Crippen molar-refractivity contribution in [3.63, 3.8) is 0 Å². The van der Waals surface area contributed by atoms with Crippen LogP contribution in [0.1, 0.15) is 11.3 Å². The quantitative estimate of drug-likeness (QED) is 0.382. The lowest BCUT2D eigenvalue weighted by Gasteiger charge is -2.26. The van der Waals surface area contributed by atoms with Gasteiger partial charge in [-0.25, -0.2) is 9.69 Å². The number of hydrogen-bond donors (Lipinski definition) is 1. The Bertz CT molecular complexity index is 1260. The number of furan rings is 1. The summed E-state index contributed by atoms with van der Waals surface area (Å²) in [5.41, 5.74) is -0.775. The van der Waals surface area contributed by atoms with Crippen molar-refractivity contribution in [2.75, 3.05) is 4.90 Å². The molecule has 0 unspecified atom stereocenters. The van der Waals surface area contributed by atoms with Crippen molar-refractivity contribution in [1.29, 1.82) is 0 Å². The van der Waals surface area contributed by atoms with Gasteiger partial charge in [-0.2, -0.15) is 13.2 Å². The Hall–Kier alpha value is -3.66. The number of nitrogens with zero attached hydrogens (tertiary/aromatic N) is 1. The molecule has 3 aromatic rings. The molecule has 4 amide bonds. The van der Waals surface area contributed by atoms with E-state index in [1.165, 1.54) is 36.4 Å². The summed E-state index contributed by atoms with van der Waals surface area (Å²) < 4.78 is 45.1. The van der Waals surface area contributed by atoms with Crippen LogP contribution in [-0.2, 0) is 15.8 Å². The van der Waals surface area contributed by atoms with Gasteiger partial charge in [0.05, 0.1) is 11.3 Å². The molecule has 32 heavy (non-hydrogen) atoms. The standard InChI is InChI=1S/C22H12BrF3N2O4/c23-14-4-6-15(7-5-14)28-20(30)17(19(29)27-21(28)31)11-16-8-9-18(32-16)12-2-1-3-13(10-12)22(24,25)26/h1-11H,(H,27,29,31). The Morgan fingerprint density at radius 1 is 0.969 bits per heavy atom. The summed E-state index contributed by atoms with van der Waals surface area (Å²) in [6, 6.07) is 12.8. The molecule has 0 atom stereocenters. The number of anilines is 1. The van der Waals surface area contributed by atoms with Crippen molar-refractivity contribution >= 4 is 45.5 Å². The fourth-order valence-electron chi connectivity index (χ4n) is 3.06. The smallest absolute Gasteiger partial charge is 0.416 e. The number of alkyl halides is 3. The van der Waals surface area contributed by atoms with Gasteiger partial charge in [0.25, 0.3) is 11.8 Å². The fourth-order valence-corrected chi connectivity index (χ4v) is 3.32. The minimum absolute atomic E-state index is 0.0565. The monoisotopic (exact) mass is 504 g/mol. The van der Waals surface area contributed by atoms with E-state index >= 15 is 0 Å². The van der Waals surface area contributed by atoms with Crippen molar-refractivity contribution in [3.05, 3.63) is 82.0 Å². The van der Waals surface area contributed by atoms with Crippen molar-refractivity contribution in [2.45, 2.75) is 6.18 Å². The minimum atomic E-state index is -4.51. The van der Waals surface area contributed by atoms with Gasteiger partial charge in [-0.3, -0.25) is 14.9 Å². The van der Waals surface area contributed by atoms with Crippen molar-refractivity contribution in [3.8, 4) is 11.3 Å². The third kappa shape index (κ3) is 4.22. The Kier molecular flexibility index (Phi) is 5.47. The fraction of sp³-hybridized carbons (Fsp3) is 0.0455. The number of benzene rings is 2. The third-order valence-corrected chi connectivity index (χ3v) is 5.10. The highest BCUT2D eigenvalue weighted by Gasteiger charge is 2.37. The summed E-state index contributed by atoms with van der Waals surface area (Å²) in [6.07, 6.45) is -3.38. The summed E-state index contributed by atoms with van der Waals surface area (Å²) in [7, 11) is 0. The first-order valence-corrected chi connectivity index (χ1v) is 9.87. The first-order valence-electron chi connectivity index (χ1n) is 9.08. The zero-order chi connectivity index (χ0) is 23.0. The van der Waals surface area contributed by atoms with Crippen molar-refractivity contribution in [1.82, 2.24) is 5.32 Å². The van der Waals surface area contributed by atoms with Gasteiger partial charge in [-0.1, -0.05) is 28.1 Å². The molecule has 10 heteroatoms. The lowest BCUT2D eigenvalue weighted by molar-refractivity contribution is -0.137. The molecule has 0 spiro atoms. The number of carbonyl (C=O) groups excluding carboxylic acids is 3. The number of halogens is 4. The third-order valence-electron chi connectivity index (χ3n) is 4.57. The van der Waals surface area contributed by atoms with Gasteiger partial charge in [-0.15, -0.1) is 0 Å². The molecule has 6 nitrogen and oxygen atoms in total. The van der Waals surface area contributed by atoms with Gasteiger partial charge in [-0.05, 0) is 54.6 Å². The molecule has 1 N–H and O–H groups in total. The van der Waals surface area contributed by atoms with Crippen LogP contribution in [0.25, 0.3) is 17.4 Å². The number of nitrogens with one attached hydrogen (secondary N) is 1. The normalized spacial score (nSPS) is 15.9. The maximum atomic E-state index is 13.0. The van der Waals surface area contributed by atoms with Crippen LogP contribution in [0.3, 0.4) is 0 Å². The summed E-state index contributed by atoms with van der Waals surface area (Å²) >= 11 is 3.26. The van der Waals surface area contributed by atoms with E-state index in [1.54, 1.807) is 12.1 Å². The second-order valence-corrected chi connectivity index (χ2v) is 7.63. The van der Waals surface area contributed by atoms with Crippen LogP contribution < -0.4 is 10.2 Å². The van der Waals surface area contributed by atoms with Crippen LogP contribution in [0.5, 0.6) is 0 Å². The van der Waals surface area contributed by atoms with E-state index in [-0.39, 0.29) is 28.3 Å². The average molecular weight is 505 g/mol. The first-order chi connectivity index (χ1) is 15.1. The van der Waals surface area contributed by atoms with E-state index in [2.05, 4.69) is 21.2 Å². The Labute approximate surface area is 187 Å². The van der Waals surface area contributed by atoms with Crippen LogP contribution in [0.2, 0.25) is 0 Å². The second kappa shape index (κ2) is 8.12. The Morgan fingerprint density at radius 3 is 2.38 bits per heavy atom. The van der Waals surface area contributed by atoms with E-state index in [1.807, 2.05) is 0 Å². The molecule has 1 aromatic heterocycles. The molecule has 0 radical (unpaired) electrons. The van der Waals surface area contributed by atoms with Crippen LogP contribution >= 0.6 is 15.9 Å². The number of imide groups is 2. The molecule has 162 valence electrons. The number of rotatable bonds is 3. The highest BCUT2D eigenvalue weighted by molar-refractivity contribution is 9.10. The van der Waals surface area contributed by atoms with Gasteiger partial charge in [0.15, 0.2) is 0 Å². The zero-order valence-corrected chi connectivity index (χ0v) is 17.5. The van der Waals surface area contributed by atoms with E-state index in [9.17, 15) is 27.6 Å². The molecular formula is C22H12BrF3N2O4. The van der Waals surface area contributed by atoms with Gasteiger partial charge < -0.3 is 4.42 Å². The number of hydrogen-bond acceptors (Lipinski definition) is 4. The lowest BCUT2D eigenvalue weighted by atomic mass is 10.1. The van der Waals surface area contributed by atoms with Gasteiger partial charge >= 0.3 is 12.2 Å². The molecule has 2 heterocycles. The molecule has 1 aliphatic rings. The van der Waals surface area contributed by atoms with Crippen LogP contribution in [0, 0.1) is 0 Å².